The number of nitrogens with zero attached hydrogens (tertiary/aromatic N) is 1. The number of anilines is 2. The molecule has 0 atom stereocenters. The number of ether oxygens (including phenoxy) is 1. The number of halogens is 1. The Kier molecular flexibility index (Phi) is 6.31. The molecule has 8 heteroatoms. The molecule has 0 aromatic heterocycles. The lowest BCUT2D eigenvalue weighted by atomic mass is 10.0. The van der Waals surface area contributed by atoms with Crippen LogP contribution in [0.15, 0.2) is 48.5 Å². The first-order valence-electron chi connectivity index (χ1n) is 10.4. The van der Waals surface area contributed by atoms with Crippen LogP contribution < -0.4 is 14.4 Å². The lowest BCUT2D eigenvalue weighted by Gasteiger charge is -2.24. The largest absolute Gasteiger partial charge is 0.495 e. The van der Waals surface area contributed by atoms with Gasteiger partial charge in [-0.2, -0.15) is 0 Å². The van der Waals surface area contributed by atoms with E-state index in [0.717, 1.165) is 30.2 Å². The summed E-state index contributed by atoms with van der Waals surface area (Å²) in [6.45, 7) is 0.132. The average molecular weight is 473 g/mol. The standard InChI is InChI=1S/C24H25ClN2O4S/c1-31-22-13-11-18(25)15-21(22)27(32(2,29)30)14-4-7-23(28)26-20-12-10-17-9-8-16-5-3-6-19(20)24(16)17/h3,5-6,10-13,15H,4,7-9,14H2,1-2H3,(H,26,28). The molecule has 0 unspecified atom stereocenters. The molecule has 0 aliphatic heterocycles. The number of rotatable bonds is 8. The van der Waals surface area contributed by atoms with Gasteiger partial charge in [0.1, 0.15) is 5.75 Å². The number of carbonyl (C=O) groups excluding carboxylic acids is 1. The Morgan fingerprint density at radius 2 is 1.88 bits per heavy atom. The fourth-order valence-electron chi connectivity index (χ4n) is 4.27. The third-order valence-electron chi connectivity index (χ3n) is 5.73. The highest BCUT2D eigenvalue weighted by Crippen LogP contribution is 2.35. The van der Waals surface area contributed by atoms with Gasteiger partial charge in [-0.25, -0.2) is 8.42 Å². The van der Waals surface area contributed by atoms with Crippen molar-refractivity contribution in [3.8, 4) is 5.75 Å². The molecule has 32 heavy (non-hydrogen) atoms. The molecule has 4 rings (SSSR count). The summed E-state index contributed by atoms with van der Waals surface area (Å²) >= 11 is 6.08. The van der Waals surface area contributed by atoms with E-state index in [9.17, 15) is 13.2 Å². The first-order valence-corrected chi connectivity index (χ1v) is 12.6. The zero-order valence-electron chi connectivity index (χ0n) is 18.0. The van der Waals surface area contributed by atoms with Crippen LogP contribution in [-0.4, -0.2) is 34.2 Å². The van der Waals surface area contributed by atoms with Crippen LogP contribution in [0.4, 0.5) is 11.4 Å². The van der Waals surface area contributed by atoms with Crippen LogP contribution in [-0.2, 0) is 27.7 Å². The average Bonchev–Trinajstić information content (AvgIpc) is 3.17. The Balaban J connectivity index is 1.46. The molecule has 1 amide bonds. The second kappa shape index (κ2) is 9.00. The van der Waals surface area contributed by atoms with E-state index < -0.39 is 10.0 Å². The SMILES string of the molecule is COc1ccc(Cl)cc1N(CCCC(=O)Nc1ccc2c3c(cccc13)CC2)S(C)(=O)=O. The van der Waals surface area contributed by atoms with E-state index in [4.69, 9.17) is 16.3 Å². The molecule has 1 aliphatic rings. The Labute approximate surface area is 193 Å². The molecule has 1 N–H and O–H groups in total. The first-order chi connectivity index (χ1) is 15.3. The number of aryl methyl sites for hydroxylation is 2. The van der Waals surface area contributed by atoms with Crippen LogP contribution in [0.2, 0.25) is 5.02 Å². The van der Waals surface area contributed by atoms with E-state index in [1.165, 1.54) is 27.9 Å². The van der Waals surface area contributed by atoms with Gasteiger partial charge in [-0.3, -0.25) is 9.10 Å². The summed E-state index contributed by atoms with van der Waals surface area (Å²) in [6.07, 6.45) is 3.70. The lowest BCUT2D eigenvalue weighted by molar-refractivity contribution is -0.116. The summed E-state index contributed by atoms with van der Waals surface area (Å²) in [5, 5.41) is 5.69. The molecular weight excluding hydrogens is 448 g/mol. The highest BCUT2D eigenvalue weighted by Gasteiger charge is 2.22. The second-order valence-electron chi connectivity index (χ2n) is 7.91. The van der Waals surface area contributed by atoms with Gasteiger partial charge in [0.15, 0.2) is 0 Å². The molecule has 0 saturated heterocycles. The Morgan fingerprint density at radius 1 is 1.12 bits per heavy atom. The number of carbonyl (C=O) groups is 1. The topological polar surface area (TPSA) is 75.7 Å². The highest BCUT2D eigenvalue weighted by molar-refractivity contribution is 7.92. The smallest absolute Gasteiger partial charge is 0.232 e. The molecular formula is C24H25ClN2O4S. The Bertz CT molecular complexity index is 1280. The second-order valence-corrected chi connectivity index (χ2v) is 10.3. The number of nitrogens with one attached hydrogen (secondary N) is 1. The van der Waals surface area contributed by atoms with E-state index in [0.29, 0.717) is 22.9 Å². The quantitative estimate of drug-likeness (QED) is 0.511. The minimum absolute atomic E-state index is 0.132. The molecule has 0 heterocycles. The van der Waals surface area contributed by atoms with Gasteiger partial charge < -0.3 is 10.1 Å². The minimum Gasteiger partial charge on any atom is -0.495 e. The number of amides is 1. The number of sulfonamides is 1. The van der Waals surface area contributed by atoms with Gasteiger partial charge in [0.2, 0.25) is 15.9 Å². The molecule has 3 aromatic carbocycles. The van der Waals surface area contributed by atoms with Gasteiger partial charge >= 0.3 is 0 Å². The van der Waals surface area contributed by atoms with Crippen LogP contribution in [0.5, 0.6) is 5.75 Å². The summed E-state index contributed by atoms with van der Waals surface area (Å²) in [5.74, 6) is 0.243. The van der Waals surface area contributed by atoms with Crippen LogP contribution >= 0.6 is 11.6 Å². The van der Waals surface area contributed by atoms with Gasteiger partial charge in [0.05, 0.1) is 19.1 Å². The van der Waals surface area contributed by atoms with Crippen LogP contribution in [0.3, 0.4) is 0 Å². The zero-order valence-corrected chi connectivity index (χ0v) is 19.6. The molecule has 3 aromatic rings. The van der Waals surface area contributed by atoms with Crippen molar-refractivity contribution in [2.24, 2.45) is 0 Å². The zero-order chi connectivity index (χ0) is 22.9. The van der Waals surface area contributed by atoms with E-state index in [2.05, 4.69) is 17.4 Å². The van der Waals surface area contributed by atoms with E-state index in [1.54, 1.807) is 18.2 Å². The lowest BCUT2D eigenvalue weighted by Crippen LogP contribution is -2.31. The van der Waals surface area contributed by atoms with Crippen molar-refractivity contribution in [3.63, 3.8) is 0 Å². The van der Waals surface area contributed by atoms with Gasteiger partial charge in [-0.05, 0) is 60.0 Å². The van der Waals surface area contributed by atoms with Crippen molar-refractivity contribution in [2.45, 2.75) is 25.7 Å². The Hall–Kier alpha value is -2.77. The van der Waals surface area contributed by atoms with Crippen LogP contribution in [0.1, 0.15) is 24.0 Å². The van der Waals surface area contributed by atoms with Crippen molar-refractivity contribution < 1.29 is 17.9 Å². The van der Waals surface area contributed by atoms with Crippen LogP contribution in [0.25, 0.3) is 10.8 Å². The summed E-state index contributed by atoms with van der Waals surface area (Å²) in [6, 6.07) is 15.0. The molecule has 0 bridgehead atoms. The predicted molar refractivity (Wildman–Crippen MR) is 129 cm³/mol. The molecule has 0 radical (unpaired) electrons. The normalized spacial score (nSPS) is 12.7. The predicted octanol–water partition coefficient (Wildman–Crippen LogP) is 4.79. The van der Waals surface area contributed by atoms with Gasteiger partial charge in [-0.1, -0.05) is 35.9 Å². The van der Waals surface area contributed by atoms with Gasteiger partial charge in [0.25, 0.3) is 0 Å². The molecule has 0 fully saturated rings. The number of hydrogen-bond donors (Lipinski definition) is 1. The summed E-state index contributed by atoms with van der Waals surface area (Å²) in [4.78, 5) is 12.7. The summed E-state index contributed by atoms with van der Waals surface area (Å²) in [5.41, 5.74) is 3.77. The summed E-state index contributed by atoms with van der Waals surface area (Å²) < 4.78 is 31.4. The first kappa shape index (κ1) is 22.4. The number of methoxy groups -OCH3 is 1. The Morgan fingerprint density at radius 3 is 2.59 bits per heavy atom. The minimum atomic E-state index is -3.59. The highest BCUT2D eigenvalue weighted by atomic mass is 35.5. The third-order valence-corrected chi connectivity index (χ3v) is 7.14. The number of hydrogen-bond acceptors (Lipinski definition) is 4. The maximum atomic E-state index is 12.7. The third kappa shape index (κ3) is 4.54. The van der Waals surface area contributed by atoms with Crippen molar-refractivity contribution in [1.82, 2.24) is 0 Å². The fourth-order valence-corrected chi connectivity index (χ4v) is 5.40. The van der Waals surface area contributed by atoms with Crippen molar-refractivity contribution in [2.75, 3.05) is 29.5 Å². The fraction of sp³-hybridized carbons (Fsp3) is 0.292. The molecule has 0 saturated carbocycles. The van der Waals surface area contributed by atoms with Crippen LogP contribution in [0, 0.1) is 0 Å². The maximum Gasteiger partial charge on any atom is 0.232 e. The van der Waals surface area contributed by atoms with Crippen molar-refractivity contribution in [1.29, 1.82) is 0 Å². The van der Waals surface area contributed by atoms with Crippen molar-refractivity contribution >= 4 is 49.7 Å². The molecule has 0 spiro atoms. The summed E-state index contributed by atoms with van der Waals surface area (Å²) in [7, 11) is -2.12. The van der Waals surface area contributed by atoms with Crippen molar-refractivity contribution in [3.05, 3.63) is 64.7 Å². The van der Waals surface area contributed by atoms with E-state index >= 15 is 0 Å². The van der Waals surface area contributed by atoms with E-state index in [1.807, 2.05) is 18.2 Å². The molecule has 6 nitrogen and oxygen atoms in total. The number of benzene rings is 3. The van der Waals surface area contributed by atoms with Gasteiger partial charge in [0, 0.05) is 29.1 Å². The van der Waals surface area contributed by atoms with Gasteiger partial charge in [-0.15, -0.1) is 0 Å². The maximum absolute atomic E-state index is 12.7. The molecule has 168 valence electrons. The molecule has 1 aliphatic carbocycles. The van der Waals surface area contributed by atoms with E-state index in [-0.39, 0.29) is 18.9 Å². The monoisotopic (exact) mass is 472 g/mol.